The number of nitrogens with zero attached hydrogens (tertiary/aromatic N) is 1. The van der Waals surface area contributed by atoms with E-state index in [0.717, 1.165) is 28.9 Å². The van der Waals surface area contributed by atoms with E-state index < -0.39 is 6.09 Å². The molecule has 1 heterocycles. The minimum Gasteiger partial charge on any atom is -0.465 e. The molecule has 4 nitrogen and oxygen atoms in total. The zero-order valence-electron chi connectivity index (χ0n) is 11.0. The van der Waals surface area contributed by atoms with Gasteiger partial charge in [-0.3, -0.25) is 10.3 Å². The van der Waals surface area contributed by atoms with Gasteiger partial charge in [0.05, 0.1) is 11.4 Å². The predicted octanol–water partition coefficient (Wildman–Crippen LogP) is 3.71. The van der Waals surface area contributed by atoms with Gasteiger partial charge in [-0.2, -0.15) is 0 Å². The number of rotatable bonds is 3. The first kappa shape index (κ1) is 13.1. The Labute approximate surface area is 112 Å². The standard InChI is InChI=1S/C15H16N2O2/c1-3-11-5-4-6-13(16-11)12-8-7-10(2)9-14(12)17-15(18)19/h4-9,17H,3H2,1-2H3,(H,18,19). The number of amides is 1. The fraction of sp³-hybridized carbons (Fsp3) is 0.200. The normalized spacial score (nSPS) is 10.2. The Morgan fingerprint density at radius 2 is 2.11 bits per heavy atom. The fourth-order valence-corrected chi connectivity index (χ4v) is 1.93. The van der Waals surface area contributed by atoms with Crippen LogP contribution < -0.4 is 5.32 Å². The summed E-state index contributed by atoms with van der Waals surface area (Å²) in [5.74, 6) is 0. The van der Waals surface area contributed by atoms with Crippen molar-refractivity contribution in [1.29, 1.82) is 0 Å². The summed E-state index contributed by atoms with van der Waals surface area (Å²) >= 11 is 0. The van der Waals surface area contributed by atoms with Gasteiger partial charge in [-0.25, -0.2) is 4.79 Å². The Morgan fingerprint density at radius 3 is 2.79 bits per heavy atom. The van der Waals surface area contributed by atoms with Gasteiger partial charge < -0.3 is 5.11 Å². The van der Waals surface area contributed by atoms with E-state index in [2.05, 4.69) is 10.3 Å². The molecule has 0 saturated heterocycles. The number of aryl methyl sites for hydroxylation is 2. The molecule has 1 aromatic carbocycles. The number of carboxylic acid groups (broad SMARTS) is 1. The number of anilines is 1. The van der Waals surface area contributed by atoms with E-state index >= 15 is 0 Å². The Balaban J connectivity index is 2.50. The molecule has 0 bridgehead atoms. The lowest BCUT2D eigenvalue weighted by Crippen LogP contribution is -2.08. The molecule has 1 aromatic heterocycles. The van der Waals surface area contributed by atoms with E-state index in [9.17, 15) is 4.79 Å². The lowest BCUT2D eigenvalue weighted by atomic mass is 10.1. The van der Waals surface area contributed by atoms with Gasteiger partial charge in [-0.1, -0.05) is 25.1 Å². The topological polar surface area (TPSA) is 62.2 Å². The molecular formula is C15H16N2O2. The second-order valence-electron chi connectivity index (χ2n) is 4.35. The van der Waals surface area contributed by atoms with Gasteiger partial charge in [0.1, 0.15) is 0 Å². The first-order valence-corrected chi connectivity index (χ1v) is 6.17. The highest BCUT2D eigenvalue weighted by atomic mass is 16.4. The molecule has 2 aromatic rings. The molecule has 19 heavy (non-hydrogen) atoms. The van der Waals surface area contributed by atoms with Crippen LogP contribution in [0.2, 0.25) is 0 Å². The first-order valence-electron chi connectivity index (χ1n) is 6.17. The summed E-state index contributed by atoms with van der Waals surface area (Å²) in [6.07, 6.45) is -0.222. The van der Waals surface area contributed by atoms with Crippen LogP contribution in [0.1, 0.15) is 18.2 Å². The fourth-order valence-electron chi connectivity index (χ4n) is 1.93. The first-order chi connectivity index (χ1) is 9.10. The second-order valence-corrected chi connectivity index (χ2v) is 4.35. The van der Waals surface area contributed by atoms with Crippen molar-refractivity contribution in [3.8, 4) is 11.3 Å². The average molecular weight is 256 g/mol. The third-order valence-corrected chi connectivity index (χ3v) is 2.86. The van der Waals surface area contributed by atoms with E-state index in [0.29, 0.717) is 5.69 Å². The molecule has 1 amide bonds. The number of aromatic nitrogens is 1. The monoisotopic (exact) mass is 256 g/mol. The van der Waals surface area contributed by atoms with Crippen LogP contribution in [-0.2, 0) is 6.42 Å². The lowest BCUT2D eigenvalue weighted by molar-refractivity contribution is 0.210. The summed E-state index contributed by atoms with van der Waals surface area (Å²) < 4.78 is 0. The smallest absolute Gasteiger partial charge is 0.409 e. The van der Waals surface area contributed by atoms with Crippen LogP contribution >= 0.6 is 0 Å². The van der Waals surface area contributed by atoms with Gasteiger partial charge in [-0.15, -0.1) is 0 Å². The molecule has 0 saturated carbocycles. The summed E-state index contributed by atoms with van der Waals surface area (Å²) in [7, 11) is 0. The van der Waals surface area contributed by atoms with Gasteiger partial charge in [0, 0.05) is 11.3 Å². The molecule has 0 unspecified atom stereocenters. The van der Waals surface area contributed by atoms with Crippen molar-refractivity contribution in [2.24, 2.45) is 0 Å². The number of hydrogen-bond acceptors (Lipinski definition) is 2. The van der Waals surface area contributed by atoms with Crippen LogP contribution in [0.25, 0.3) is 11.3 Å². The largest absolute Gasteiger partial charge is 0.465 e. The Hall–Kier alpha value is -2.36. The van der Waals surface area contributed by atoms with E-state index in [1.165, 1.54) is 0 Å². The van der Waals surface area contributed by atoms with Gasteiger partial charge in [0.2, 0.25) is 0 Å². The van der Waals surface area contributed by atoms with E-state index in [-0.39, 0.29) is 0 Å². The van der Waals surface area contributed by atoms with E-state index in [1.807, 2.05) is 50.2 Å². The highest BCUT2D eigenvalue weighted by Crippen LogP contribution is 2.27. The van der Waals surface area contributed by atoms with Crippen LogP contribution in [0.4, 0.5) is 10.5 Å². The van der Waals surface area contributed by atoms with Crippen LogP contribution in [0.3, 0.4) is 0 Å². The summed E-state index contributed by atoms with van der Waals surface area (Å²) in [5.41, 5.74) is 4.12. The van der Waals surface area contributed by atoms with Crippen LogP contribution in [0.5, 0.6) is 0 Å². The van der Waals surface area contributed by atoms with Crippen molar-refractivity contribution in [2.45, 2.75) is 20.3 Å². The van der Waals surface area contributed by atoms with E-state index in [4.69, 9.17) is 5.11 Å². The van der Waals surface area contributed by atoms with Crippen molar-refractivity contribution in [2.75, 3.05) is 5.32 Å². The molecule has 98 valence electrons. The molecule has 0 atom stereocenters. The van der Waals surface area contributed by atoms with Gasteiger partial charge in [-0.05, 0) is 37.1 Å². The zero-order valence-corrected chi connectivity index (χ0v) is 11.0. The maximum absolute atomic E-state index is 10.9. The maximum atomic E-state index is 10.9. The van der Waals surface area contributed by atoms with Crippen molar-refractivity contribution in [1.82, 2.24) is 4.98 Å². The molecule has 4 heteroatoms. The average Bonchev–Trinajstić information content (AvgIpc) is 2.38. The highest BCUT2D eigenvalue weighted by molar-refractivity contribution is 5.90. The summed E-state index contributed by atoms with van der Waals surface area (Å²) in [5, 5.41) is 11.3. The van der Waals surface area contributed by atoms with Gasteiger partial charge >= 0.3 is 6.09 Å². The molecule has 2 N–H and O–H groups in total. The molecule has 0 aliphatic heterocycles. The Bertz CT molecular complexity index is 609. The van der Waals surface area contributed by atoms with Crippen molar-refractivity contribution in [3.63, 3.8) is 0 Å². The third-order valence-electron chi connectivity index (χ3n) is 2.86. The number of nitrogens with one attached hydrogen (secondary N) is 1. The minimum absolute atomic E-state index is 0.563. The highest BCUT2D eigenvalue weighted by Gasteiger charge is 2.09. The summed E-state index contributed by atoms with van der Waals surface area (Å²) in [6.45, 7) is 3.96. The molecule has 0 spiro atoms. The number of benzene rings is 1. The van der Waals surface area contributed by atoms with Crippen LogP contribution in [0.15, 0.2) is 36.4 Å². The molecule has 0 radical (unpaired) electrons. The Morgan fingerprint density at radius 1 is 1.32 bits per heavy atom. The second kappa shape index (κ2) is 5.52. The lowest BCUT2D eigenvalue weighted by Gasteiger charge is -2.10. The quantitative estimate of drug-likeness (QED) is 0.880. The number of hydrogen-bond donors (Lipinski definition) is 2. The molecule has 0 aliphatic carbocycles. The summed E-state index contributed by atoms with van der Waals surface area (Å²) in [4.78, 5) is 15.4. The molecule has 0 aliphatic rings. The van der Waals surface area contributed by atoms with Crippen LogP contribution in [-0.4, -0.2) is 16.2 Å². The zero-order chi connectivity index (χ0) is 13.8. The Kier molecular flexibility index (Phi) is 3.80. The van der Waals surface area contributed by atoms with Crippen molar-refractivity contribution in [3.05, 3.63) is 47.7 Å². The minimum atomic E-state index is -1.07. The predicted molar refractivity (Wildman–Crippen MR) is 75.4 cm³/mol. The molecule has 2 rings (SSSR count). The molecular weight excluding hydrogens is 240 g/mol. The number of carbonyl (C=O) groups is 1. The number of pyridine rings is 1. The van der Waals surface area contributed by atoms with Crippen molar-refractivity contribution >= 4 is 11.8 Å². The van der Waals surface area contributed by atoms with Crippen molar-refractivity contribution < 1.29 is 9.90 Å². The summed E-state index contributed by atoms with van der Waals surface area (Å²) in [6, 6.07) is 11.4. The SMILES string of the molecule is CCc1cccc(-c2ccc(C)cc2NC(=O)O)n1. The third kappa shape index (κ3) is 3.10. The van der Waals surface area contributed by atoms with E-state index in [1.54, 1.807) is 0 Å². The van der Waals surface area contributed by atoms with Gasteiger partial charge in [0.25, 0.3) is 0 Å². The van der Waals surface area contributed by atoms with Gasteiger partial charge in [0.15, 0.2) is 0 Å². The van der Waals surface area contributed by atoms with Crippen LogP contribution in [0, 0.1) is 6.92 Å². The maximum Gasteiger partial charge on any atom is 0.409 e. The molecule has 0 fully saturated rings.